The minimum atomic E-state index is 0.509. The lowest BCUT2D eigenvalue weighted by atomic mass is 10.0. The van der Waals surface area contributed by atoms with Gasteiger partial charge in [0.2, 0.25) is 0 Å². The average molecular weight is 288 g/mol. The van der Waals surface area contributed by atoms with Crippen molar-refractivity contribution >= 4 is 23.4 Å². The first-order valence-corrected chi connectivity index (χ1v) is 8.09. The Balaban J connectivity index is 2.12. The van der Waals surface area contributed by atoms with Gasteiger partial charge in [-0.05, 0) is 32.1 Å². The number of nitrogens with zero attached hydrogens (tertiary/aromatic N) is 2. The van der Waals surface area contributed by atoms with Gasteiger partial charge in [0.05, 0.1) is 16.4 Å². The summed E-state index contributed by atoms with van der Waals surface area (Å²) in [4.78, 5) is 0. The van der Waals surface area contributed by atoms with E-state index in [2.05, 4.69) is 29.1 Å². The van der Waals surface area contributed by atoms with Crippen LogP contribution in [-0.2, 0) is 13.5 Å². The molecular formula is C13H22ClN3S. The molecule has 0 aliphatic carbocycles. The van der Waals surface area contributed by atoms with Crippen LogP contribution in [0.15, 0.2) is 0 Å². The Kier molecular flexibility index (Phi) is 4.98. The molecule has 2 unspecified atom stereocenters. The van der Waals surface area contributed by atoms with E-state index < -0.39 is 0 Å². The minimum absolute atomic E-state index is 0.509. The van der Waals surface area contributed by atoms with Crippen molar-refractivity contribution in [1.82, 2.24) is 15.1 Å². The number of rotatable bonds is 5. The zero-order valence-corrected chi connectivity index (χ0v) is 12.9. The van der Waals surface area contributed by atoms with Gasteiger partial charge in [0.1, 0.15) is 0 Å². The molecule has 1 aromatic heterocycles. The quantitative estimate of drug-likeness (QED) is 0.903. The first-order chi connectivity index (χ1) is 8.63. The van der Waals surface area contributed by atoms with Crippen LogP contribution in [0.1, 0.15) is 31.2 Å². The van der Waals surface area contributed by atoms with E-state index in [1.807, 2.05) is 18.7 Å². The largest absolute Gasteiger partial charge is 0.313 e. The third-order valence-corrected chi connectivity index (χ3v) is 5.56. The Morgan fingerprint density at radius 3 is 2.89 bits per heavy atom. The second-order valence-corrected chi connectivity index (χ2v) is 6.61. The van der Waals surface area contributed by atoms with Crippen LogP contribution in [0, 0.1) is 6.92 Å². The Labute approximate surface area is 119 Å². The Bertz CT molecular complexity index is 399. The highest BCUT2D eigenvalue weighted by Gasteiger charge is 2.27. The van der Waals surface area contributed by atoms with Crippen LogP contribution in [0.25, 0.3) is 0 Å². The summed E-state index contributed by atoms with van der Waals surface area (Å²) < 4.78 is 1.93. The van der Waals surface area contributed by atoms with Gasteiger partial charge < -0.3 is 5.32 Å². The van der Waals surface area contributed by atoms with E-state index in [4.69, 9.17) is 11.6 Å². The molecule has 0 aromatic carbocycles. The standard InChI is InChI=1S/C13H22ClN3S/c1-4-15-10(12-6-5-7-18-12)8-11-13(14)9(2)16-17(11)3/h10,12,15H,4-8H2,1-3H3. The van der Waals surface area contributed by atoms with Crippen molar-refractivity contribution < 1.29 is 0 Å². The fourth-order valence-corrected chi connectivity index (χ4v) is 4.26. The summed E-state index contributed by atoms with van der Waals surface area (Å²) in [6.45, 7) is 5.15. The van der Waals surface area contributed by atoms with Crippen molar-refractivity contribution in [2.45, 2.75) is 44.4 Å². The average Bonchev–Trinajstić information content (AvgIpc) is 2.93. The number of hydrogen-bond acceptors (Lipinski definition) is 3. The molecule has 3 nitrogen and oxygen atoms in total. The number of nitrogens with one attached hydrogen (secondary N) is 1. The molecule has 5 heteroatoms. The monoisotopic (exact) mass is 287 g/mol. The predicted molar refractivity (Wildman–Crippen MR) is 79.6 cm³/mol. The molecule has 1 fully saturated rings. The first-order valence-electron chi connectivity index (χ1n) is 6.66. The van der Waals surface area contributed by atoms with E-state index in [1.165, 1.54) is 18.6 Å². The highest BCUT2D eigenvalue weighted by Crippen LogP contribution is 2.31. The zero-order chi connectivity index (χ0) is 13.1. The van der Waals surface area contributed by atoms with Gasteiger partial charge in [-0.25, -0.2) is 0 Å². The molecule has 0 spiro atoms. The number of aromatic nitrogens is 2. The Hall–Kier alpha value is -0.190. The van der Waals surface area contributed by atoms with Gasteiger partial charge in [0.15, 0.2) is 0 Å². The molecule has 102 valence electrons. The summed E-state index contributed by atoms with van der Waals surface area (Å²) in [5.74, 6) is 1.30. The Morgan fingerprint density at radius 2 is 2.39 bits per heavy atom. The topological polar surface area (TPSA) is 29.9 Å². The smallest absolute Gasteiger partial charge is 0.0847 e. The number of halogens is 1. The first kappa shape index (κ1) is 14.2. The van der Waals surface area contributed by atoms with Gasteiger partial charge in [0.25, 0.3) is 0 Å². The molecule has 1 aromatic rings. The van der Waals surface area contributed by atoms with Gasteiger partial charge >= 0.3 is 0 Å². The second kappa shape index (κ2) is 6.31. The predicted octanol–water partition coefficient (Wildman–Crippen LogP) is 2.80. The fourth-order valence-electron chi connectivity index (χ4n) is 2.63. The van der Waals surface area contributed by atoms with E-state index in [-0.39, 0.29) is 0 Å². The highest BCUT2D eigenvalue weighted by atomic mass is 35.5. The summed E-state index contributed by atoms with van der Waals surface area (Å²) in [6.07, 6.45) is 3.63. The van der Waals surface area contributed by atoms with E-state index in [9.17, 15) is 0 Å². The molecular weight excluding hydrogens is 266 g/mol. The van der Waals surface area contributed by atoms with E-state index in [0.29, 0.717) is 6.04 Å². The lowest BCUT2D eigenvalue weighted by Crippen LogP contribution is -2.39. The van der Waals surface area contributed by atoms with Gasteiger partial charge in [-0.1, -0.05) is 18.5 Å². The summed E-state index contributed by atoms with van der Waals surface area (Å²) in [7, 11) is 1.99. The molecule has 0 radical (unpaired) electrons. The Morgan fingerprint density at radius 1 is 1.61 bits per heavy atom. The normalized spacial score (nSPS) is 21.4. The molecule has 1 aliphatic rings. The van der Waals surface area contributed by atoms with Crippen molar-refractivity contribution in [3.05, 3.63) is 16.4 Å². The number of aryl methyl sites for hydroxylation is 2. The molecule has 2 rings (SSSR count). The van der Waals surface area contributed by atoms with Gasteiger partial charge in [-0.15, -0.1) is 0 Å². The number of thioether (sulfide) groups is 1. The van der Waals surface area contributed by atoms with Crippen LogP contribution in [0.3, 0.4) is 0 Å². The fraction of sp³-hybridized carbons (Fsp3) is 0.769. The zero-order valence-electron chi connectivity index (χ0n) is 11.4. The molecule has 2 atom stereocenters. The number of likely N-dealkylation sites (N-methyl/N-ethyl adjacent to an activating group) is 1. The second-order valence-electron chi connectivity index (χ2n) is 4.89. The summed E-state index contributed by atoms with van der Waals surface area (Å²) >= 11 is 8.44. The lowest BCUT2D eigenvalue weighted by Gasteiger charge is -2.23. The molecule has 0 amide bonds. The van der Waals surface area contributed by atoms with Crippen LogP contribution in [-0.4, -0.2) is 33.4 Å². The summed E-state index contributed by atoms with van der Waals surface area (Å²) in [5, 5.41) is 9.57. The minimum Gasteiger partial charge on any atom is -0.313 e. The van der Waals surface area contributed by atoms with Crippen molar-refractivity contribution in [2.75, 3.05) is 12.3 Å². The summed E-state index contributed by atoms with van der Waals surface area (Å²) in [6, 6.07) is 0.509. The number of hydrogen-bond donors (Lipinski definition) is 1. The van der Waals surface area contributed by atoms with Crippen molar-refractivity contribution in [1.29, 1.82) is 0 Å². The van der Waals surface area contributed by atoms with Gasteiger partial charge in [-0.3, -0.25) is 4.68 Å². The van der Waals surface area contributed by atoms with Crippen LogP contribution in [0.4, 0.5) is 0 Å². The van der Waals surface area contributed by atoms with Crippen LogP contribution in [0.2, 0.25) is 5.02 Å². The maximum Gasteiger partial charge on any atom is 0.0847 e. The molecule has 2 heterocycles. The van der Waals surface area contributed by atoms with Crippen LogP contribution >= 0.6 is 23.4 Å². The molecule has 18 heavy (non-hydrogen) atoms. The maximum atomic E-state index is 6.35. The van der Waals surface area contributed by atoms with E-state index >= 15 is 0 Å². The molecule has 1 N–H and O–H groups in total. The van der Waals surface area contributed by atoms with E-state index in [0.717, 1.165) is 34.6 Å². The third kappa shape index (κ3) is 3.03. The van der Waals surface area contributed by atoms with Gasteiger partial charge in [0, 0.05) is 24.8 Å². The molecule has 1 saturated heterocycles. The van der Waals surface area contributed by atoms with Crippen molar-refractivity contribution in [3.63, 3.8) is 0 Å². The summed E-state index contributed by atoms with van der Waals surface area (Å²) in [5.41, 5.74) is 2.09. The van der Waals surface area contributed by atoms with Crippen molar-refractivity contribution in [2.24, 2.45) is 7.05 Å². The van der Waals surface area contributed by atoms with E-state index in [1.54, 1.807) is 0 Å². The maximum absolute atomic E-state index is 6.35. The van der Waals surface area contributed by atoms with Gasteiger partial charge in [-0.2, -0.15) is 16.9 Å². The molecule has 0 bridgehead atoms. The molecule has 0 saturated carbocycles. The molecule has 1 aliphatic heterocycles. The lowest BCUT2D eigenvalue weighted by molar-refractivity contribution is 0.482. The van der Waals surface area contributed by atoms with Crippen LogP contribution < -0.4 is 5.32 Å². The van der Waals surface area contributed by atoms with Crippen LogP contribution in [0.5, 0.6) is 0 Å². The third-order valence-electron chi connectivity index (χ3n) is 3.55. The SMILES string of the molecule is CCNC(Cc1c(Cl)c(C)nn1C)C1CCCS1. The van der Waals surface area contributed by atoms with Crippen molar-refractivity contribution in [3.8, 4) is 0 Å². The highest BCUT2D eigenvalue weighted by molar-refractivity contribution is 8.00.